The van der Waals surface area contributed by atoms with Crippen molar-refractivity contribution in [3.8, 4) is 0 Å². The van der Waals surface area contributed by atoms with Crippen molar-refractivity contribution in [1.29, 1.82) is 0 Å². The summed E-state index contributed by atoms with van der Waals surface area (Å²) in [4.78, 5) is 12.8. The third-order valence-corrected chi connectivity index (χ3v) is 4.91. The number of thioether (sulfide) groups is 1. The maximum Gasteiger partial charge on any atom is 0.322 e. The summed E-state index contributed by atoms with van der Waals surface area (Å²) >= 11 is 1.30. The van der Waals surface area contributed by atoms with E-state index >= 15 is 0 Å². The molecule has 1 amide bonds. The van der Waals surface area contributed by atoms with Crippen LogP contribution < -0.4 is 5.32 Å². The number of aromatic nitrogens is 2. The van der Waals surface area contributed by atoms with Crippen LogP contribution in [0.25, 0.3) is 0 Å². The van der Waals surface area contributed by atoms with Gasteiger partial charge in [-0.1, -0.05) is 43.2 Å². The number of benzene rings is 2. The Morgan fingerprint density at radius 3 is 2.48 bits per heavy atom. The Hall–Kier alpha value is -2.67. The minimum absolute atomic E-state index is 0.0773. The monoisotopic (exact) mass is 385 g/mol. The summed E-state index contributed by atoms with van der Waals surface area (Å²) in [6, 6.07) is 14.3. The predicted octanol–water partition coefficient (Wildman–Crippen LogP) is 4.65. The van der Waals surface area contributed by atoms with Crippen LogP contribution in [0.3, 0.4) is 0 Å². The molecular weight excluding hydrogens is 365 g/mol. The minimum Gasteiger partial charge on any atom is -0.407 e. The predicted molar refractivity (Wildman–Crippen MR) is 103 cm³/mol. The molecule has 0 aliphatic rings. The molecule has 140 valence electrons. The first kappa shape index (κ1) is 19.1. The molecule has 0 saturated heterocycles. The van der Waals surface area contributed by atoms with Gasteiger partial charge in [0.15, 0.2) is 0 Å². The Morgan fingerprint density at radius 2 is 1.81 bits per heavy atom. The summed E-state index contributed by atoms with van der Waals surface area (Å²) in [6.07, 6.45) is 0.506. The van der Waals surface area contributed by atoms with Crippen LogP contribution in [-0.4, -0.2) is 21.9 Å². The quantitative estimate of drug-likeness (QED) is 0.600. The van der Waals surface area contributed by atoms with E-state index in [0.29, 0.717) is 18.2 Å². The first-order valence-corrected chi connectivity index (χ1v) is 9.57. The van der Waals surface area contributed by atoms with Gasteiger partial charge in [0, 0.05) is 4.90 Å². The lowest BCUT2D eigenvalue weighted by Gasteiger charge is -2.05. The second-order valence-electron chi connectivity index (χ2n) is 6.36. The summed E-state index contributed by atoms with van der Waals surface area (Å²) in [5.74, 6) is 0.521. The first-order chi connectivity index (χ1) is 13.0. The lowest BCUT2D eigenvalue weighted by Crippen LogP contribution is -2.14. The summed E-state index contributed by atoms with van der Waals surface area (Å²) < 4.78 is 18.4. The molecule has 0 bridgehead atoms. The highest BCUT2D eigenvalue weighted by molar-refractivity contribution is 8.00. The fraction of sp³-hybridized carbons (Fsp3) is 0.250. The molecule has 3 aromatic rings. The van der Waals surface area contributed by atoms with Crippen molar-refractivity contribution in [3.05, 3.63) is 71.4 Å². The van der Waals surface area contributed by atoms with E-state index in [2.05, 4.69) is 41.5 Å². The van der Waals surface area contributed by atoms with Gasteiger partial charge in [0.1, 0.15) is 5.82 Å². The molecule has 1 aromatic heterocycles. The SMILES string of the molecule is CC(C)c1ccc(Cc2nnc(NC(=O)CSc3ccc(F)cc3)o2)cc1. The number of nitrogens with one attached hydrogen (secondary N) is 1. The number of carbonyl (C=O) groups is 1. The van der Waals surface area contributed by atoms with Crippen LogP contribution in [0.5, 0.6) is 0 Å². The molecule has 0 radical (unpaired) electrons. The Kier molecular flexibility index (Phi) is 6.24. The first-order valence-electron chi connectivity index (χ1n) is 8.59. The van der Waals surface area contributed by atoms with Crippen LogP contribution in [0.4, 0.5) is 10.4 Å². The second kappa shape index (κ2) is 8.81. The molecule has 3 rings (SSSR count). The molecule has 27 heavy (non-hydrogen) atoms. The van der Waals surface area contributed by atoms with E-state index in [1.165, 1.54) is 29.5 Å². The van der Waals surface area contributed by atoms with Crippen molar-refractivity contribution in [3.63, 3.8) is 0 Å². The number of anilines is 1. The highest BCUT2D eigenvalue weighted by Crippen LogP contribution is 2.19. The number of nitrogens with zero attached hydrogens (tertiary/aromatic N) is 2. The molecule has 0 aliphatic heterocycles. The molecule has 7 heteroatoms. The van der Waals surface area contributed by atoms with Gasteiger partial charge in [0.05, 0.1) is 12.2 Å². The van der Waals surface area contributed by atoms with Crippen molar-refractivity contribution < 1.29 is 13.6 Å². The average Bonchev–Trinajstić information content (AvgIpc) is 3.08. The average molecular weight is 385 g/mol. The molecule has 2 aromatic carbocycles. The van der Waals surface area contributed by atoms with Gasteiger partial charge in [0.2, 0.25) is 11.8 Å². The van der Waals surface area contributed by atoms with Crippen molar-refractivity contribution in [1.82, 2.24) is 10.2 Å². The third kappa shape index (κ3) is 5.65. The van der Waals surface area contributed by atoms with Gasteiger partial charge >= 0.3 is 6.01 Å². The molecule has 1 heterocycles. The molecule has 0 saturated carbocycles. The zero-order valence-electron chi connectivity index (χ0n) is 15.1. The number of hydrogen-bond acceptors (Lipinski definition) is 5. The Balaban J connectivity index is 1.51. The van der Waals surface area contributed by atoms with Gasteiger partial charge in [-0.3, -0.25) is 10.1 Å². The van der Waals surface area contributed by atoms with Crippen molar-refractivity contribution in [2.75, 3.05) is 11.1 Å². The van der Waals surface area contributed by atoms with Gasteiger partial charge in [-0.25, -0.2) is 4.39 Å². The number of carbonyl (C=O) groups excluding carboxylic acids is 1. The molecule has 1 N–H and O–H groups in total. The molecule has 0 fully saturated rings. The maximum absolute atomic E-state index is 12.9. The smallest absolute Gasteiger partial charge is 0.322 e. The summed E-state index contributed by atoms with van der Waals surface area (Å²) in [7, 11) is 0. The highest BCUT2D eigenvalue weighted by atomic mass is 32.2. The largest absolute Gasteiger partial charge is 0.407 e. The molecule has 0 aliphatic carbocycles. The second-order valence-corrected chi connectivity index (χ2v) is 7.41. The van der Waals surface area contributed by atoms with Gasteiger partial charge in [-0.2, -0.15) is 0 Å². The Bertz CT molecular complexity index is 892. The van der Waals surface area contributed by atoms with E-state index in [4.69, 9.17) is 4.42 Å². The summed E-state index contributed by atoms with van der Waals surface area (Å²) in [6.45, 7) is 4.30. The fourth-order valence-electron chi connectivity index (χ4n) is 2.41. The molecule has 5 nitrogen and oxygen atoms in total. The summed E-state index contributed by atoms with van der Waals surface area (Å²) in [5, 5.41) is 10.4. The van der Waals surface area contributed by atoms with Crippen LogP contribution in [0.1, 0.15) is 36.8 Å². The van der Waals surface area contributed by atoms with E-state index in [9.17, 15) is 9.18 Å². The normalized spacial score (nSPS) is 11.0. The van der Waals surface area contributed by atoms with Crippen molar-refractivity contribution in [2.24, 2.45) is 0 Å². The van der Waals surface area contributed by atoms with E-state index in [-0.39, 0.29) is 23.5 Å². The van der Waals surface area contributed by atoms with Gasteiger partial charge in [0.25, 0.3) is 0 Å². The Morgan fingerprint density at radius 1 is 1.11 bits per heavy atom. The minimum atomic E-state index is -0.305. The number of halogens is 1. The molecule has 0 atom stereocenters. The number of amides is 1. The van der Waals surface area contributed by atoms with E-state index < -0.39 is 0 Å². The van der Waals surface area contributed by atoms with Crippen LogP contribution in [-0.2, 0) is 11.2 Å². The van der Waals surface area contributed by atoms with E-state index in [0.717, 1.165) is 10.5 Å². The van der Waals surface area contributed by atoms with Crippen LogP contribution in [0.15, 0.2) is 57.8 Å². The fourth-order valence-corrected chi connectivity index (χ4v) is 3.10. The van der Waals surface area contributed by atoms with Crippen molar-refractivity contribution in [2.45, 2.75) is 31.1 Å². The zero-order valence-corrected chi connectivity index (χ0v) is 15.9. The van der Waals surface area contributed by atoms with Gasteiger partial charge in [-0.05, 0) is 41.3 Å². The van der Waals surface area contributed by atoms with Gasteiger partial charge in [-0.15, -0.1) is 16.9 Å². The molecule has 0 unspecified atom stereocenters. The number of hydrogen-bond donors (Lipinski definition) is 1. The van der Waals surface area contributed by atoms with Gasteiger partial charge < -0.3 is 4.42 Å². The standard InChI is InChI=1S/C20H20FN3O2S/c1-13(2)15-5-3-14(4-6-15)11-19-23-24-20(26-19)22-18(25)12-27-17-9-7-16(21)8-10-17/h3-10,13H,11-12H2,1-2H3,(H,22,24,25). The van der Waals surface area contributed by atoms with Crippen LogP contribution in [0.2, 0.25) is 0 Å². The number of rotatable bonds is 7. The Labute approximate surface area is 161 Å². The topological polar surface area (TPSA) is 68.0 Å². The zero-order chi connectivity index (χ0) is 19.2. The van der Waals surface area contributed by atoms with Crippen LogP contribution in [0, 0.1) is 5.82 Å². The molecular formula is C20H20FN3O2S. The van der Waals surface area contributed by atoms with E-state index in [1.54, 1.807) is 12.1 Å². The third-order valence-electron chi connectivity index (χ3n) is 3.90. The lowest BCUT2D eigenvalue weighted by molar-refractivity contribution is -0.113. The lowest BCUT2D eigenvalue weighted by atomic mass is 10.0. The van der Waals surface area contributed by atoms with E-state index in [1.807, 2.05) is 12.1 Å². The maximum atomic E-state index is 12.9. The van der Waals surface area contributed by atoms with Crippen LogP contribution >= 0.6 is 11.8 Å². The van der Waals surface area contributed by atoms with Crippen molar-refractivity contribution >= 4 is 23.7 Å². The molecule has 0 spiro atoms. The summed E-state index contributed by atoms with van der Waals surface area (Å²) in [5.41, 5.74) is 2.34. The highest BCUT2D eigenvalue weighted by Gasteiger charge is 2.11.